The van der Waals surface area contributed by atoms with Crippen LogP contribution in [0.15, 0.2) is 29.4 Å². The first-order chi connectivity index (χ1) is 7.31. The van der Waals surface area contributed by atoms with Crippen molar-refractivity contribution in [2.24, 2.45) is 5.11 Å². The second kappa shape index (κ2) is 4.29. The molecule has 15 heavy (non-hydrogen) atoms. The zero-order chi connectivity index (χ0) is 10.7. The van der Waals surface area contributed by atoms with E-state index in [1.54, 1.807) is 12.1 Å². The fraction of sp³-hybridized carbons (Fsp3) is 0.400. The van der Waals surface area contributed by atoms with Crippen molar-refractivity contribution in [3.63, 3.8) is 0 Å². The van der Waals surface area contributed by atoms with Crippen molar-refractivity contribution in [3.05, 3.63) is 46.1 Å². The van der Waals surface area contributed by atoms with Gasteiger partial charge in [0.2, 0.25) is 0 Å². The molecule has 0 radical (unpaired) electrons. The Hall–Kier alpha value is -1.58. The van der Waals surface area contributed by atoms with Crippen LogP contribution in [0.25, 0.3) is 10.4 Å². The summed E-state index contributed by atoms with van der Waals surface area (Å²) in [5.74, 6) is -0.223. The van der Waals surface area contributed by atoms with E-state index in [9.17, 15) is 4.39 Å². The van der Waals surface area contributed by atoms with Crippen molar-refractivity contribution in [1.82, 2.24) is 0 Å². The van der Waals surface area contributed by atoms with Gasteiger partial charge in [0.15, 0.2) is 0 Å². The Balaban J connectivity index is 2.22. The summed E-state index contributed by atoms with van der Waals surface area (Å²) in [7, 11) is 0. The largest absolute Gasteiger partial charge is 0.380 e. The highest BCUT2D eigenvalue weighted by Crippen LogP contribution is 2.28. The van der Waals surface area contributed by atoms with Crippen LogP contribution in [0.5, 0.6) is 0 Å². The molecule has 1 aromatic rings. The third-order valence-electron chi connectivity index (χ3n) is 2.55. The predicted molar refractivity (Wildman–Crippen MR) is 52.9 cm³/mol. The molecule has 0 amide bonds. The summed E-state index contributed by atoms with van der Waals surface area (Å²) in [5, 5.41) is 3.67. The van der Waals surface area contributed by atoms with Crippen molar-refractivity contribution >= 4 is 0 Å². The van der Waals surface area contributed by atoms with Crippen molar-refractivity contribution < 1.29 is 9.13 Å². The molecule has 1 aliphatic rings. The zero-order valence-electron chi connectivity index (χ0n) is 8.01. The minimum absolute atomic E-state index is 0.0431. The third-order valence-corrected chi connectivity index (χ3v) is 2.55. The van der Waals surface area contributed by atoms with E-state index in [1.807, 2.05) is 0 Å². The number of halogens is 1. The van der Waals surface area contributed by atoms with Crippen LogP contribution in [0.3, 0.4) is 0 Å². The first-order valence-electron chi connectivity index (χ1n) is 4.68. The number of hydrogen-bond donors (Lipinski definition) is 0. The summed E-state index contributed by atoms with van der Waals surface area (Å²) < 4.78 is 18.0. The lowest BCUT2D eigenvalue weighted by molar-refractivity contribution is 0.191. The van der Waals surface area contributed by atoms with Gasteiger partial charge in [0.05, 0.1) is 19.3 Å². The van der Waals surface area contributed by atoms with Crippen molar-refractivity contribution in [3.8, 4) is 0 Å². The molecule has 5 heteroatoms. The van der Waals surface area contributed by atoms with Gasteiger partial charge in [0.1, 0.15) is 5.82 Å². The van der Waals surface area contributed by atoms with Crippen LogP contribution in [0.1, 0.15) is 11.5 Å². The molecule has 0 aliphatic carbocycles. The van der Waals surface area contributed by atoms with Gasteiger partial charge < -0.3 is 4.74 Å². The summed E-state index contributed by atoms with van der Waals surface area (Å²) in [4.78, 5) is 2.78. The van der Waals surface area contributed by atoms with Crippen LogP contribution in [-0.2, 0) is 4.74 Å². The molecule has 0 N–H and O–H groups in total. The molecule has 0 unspecified atom stereocenters. The number of rotatable bonds is 2. The fourth-order valence-corrected chi connectivity index (χ4v) is 1.75. The first kappa shape index (κ1) is 9.96. The van der Waals surface area contributed by atoms with Gasteiger partial charge >= 0.3 is 0 Å². The Bertz CT molecular complexity index is 386. The van der Waals surface area contributed by atoms with E-state index in [0.29, 0.717) is 13.2 Å². The van der Waals surface area contributed by atoms with Crippen LogP contribution in [0.4, 0.5) is 4.39 Å². The molecular weight excluding hydrogens is 197 g/mol. The summed E-state index contributed by atoms with van der Waals surface area (Å²) in [6.07, 6.45) is 0. The second-order valence-corrected chi connectivity index (χ2v) is 3.47. The van der Waals surface area contributed by atoms with E-state index in [0.717, 1.165) is 5.56 Å². The number of ether oxygens (including phenoxy) is 1. The van der Waals surface area contributed by atoms with Gasteiger partial charge in [0.25, 0.3) is 0 Å². The SMILES string of the molecule is [N-]=[N+]=N[C@@H]1COC[C@@H]1c1ccc(F)cc1. The highest BCUT2D eigenvalue weighted by molar-refractivity contribution is 5.23. The average molecular weight is 207 g/mol. The second-order valence-electron chi connectivity index (χ2n) is 3.47. The Morgan fingerprint density at radius 3 is 2.73 bits per heavy atom. The van der Waals surface area contributed by atoms with Gasteiger partial charge in [-0.3, -0.25) is 0 Å². The number of benzene rings is 1. The minimum Gasteiger partial charge on any atom is -0.380 e. The molecule has 0 spiro atoms. The lowest BCUT2D eigenvalue weighted by Gasteiger charge is -2.12. The van der Waals surface area contributed by atoms with Gasteiger partial charge in [-0.2, -0.15) is 0 Å². The fourth-order valence-electron chi connectivity index (χ4n) is 1.75. The van der Waals surface area contributed by atoms with Crippen molar-refractivity contribution in [2.45, 2.75) is 12.0 Å². The summed E-state index contributed by atoms with van der Waals surface area (Å²) in [5.41, 5.74) is 9.33. The van der Waals surface area contributed by atoms with Crippen LogP contribution < -0.4 is 0 Å². The molecule has 1 aromatic carbocycles. The Labute approximate surface area is 86.3 Å². The smallest absolute Gasteiger partial charge is 0.123 e. The monoisotopic (exact) mass is 207 g/mol. The Morgan fingerprint density at radius 2 is 2.07 bits per heavy atom. The van der Waals surface area contributed by atoms with E-state index in [4.69, 9.17) is 10.3 Å². The van der Waals surface area contributed by atoms with Crippen LogP contribution in [0.2, 0.25) is 0 Å². The van der Waals surface area contributed by atoms with Crippen molar-refractivity contribution in [1.29, 1.82) is 0 Å². The molecule has 2 rings (SSSR count). The van der Waals surface area contributed by atoms with E-state index in [-0.39, 0.29) is 17.8 Å². The molecule has 1 fully saturated rings. The van der Waals surface area contributed by atoms with Crippen LogP contribution in [0, 0.1) is 5.82 Å². The molecule has 1 saturated heterocycles. The summed E-state index contributed by atoms with van der Waals surface area (Å²) in [6.45, 7) is 0.960. The number of nitrogens with zero attached hydrogens (tertiary/aromatic N) is 3. The molecule has 0 saturated carbocycles. The van der Waals surface area contributed by atoms with Gasteiger partial charge in [-0.05, 0) is 23.2 Å². The average Bonchev–Trinajstić information content (AvgIpc) is 2.68. The van der Waals surface area contributed by atoms with E-state index < -0.39 is 0 Å². The van der Waals surface area contributed by atoms with Gasteiger partial charge in [-0.1, -0.05) is 17.2 Å². The standard InChI is InChI=1S/C10H10FN3O/c11-8-3-1-7(2-4-8)9-5-15-6-10(9)13-14-12/h1-4,9-10H,5-6H2/t9-,10-/m1/s1. The summed E-state index contributed by atoms with van der Waals surface area (Å²) >= 11 is 0. The zero-order valence-corrected chi connectivity index (χ0v) is 8.01. The number of hydrogen-bond acceptors (Lipinski definition) is 2. The molecule has 4 nitrogen and oxygen atoms in total. The Morgan fingerprint density at radius 1 is 1.33 bits per heavy atom. The lowest BCUT2D eigenvalue weighted by Crippen LogP contribution is -2.13. The van der Waals surface area contributed by atoms with Crippen molar-refractivity contribution in [2.75, 3.05) is 13.2 Å². The molecule has 1 aliphatic heterocycles. The topological polar surface area (TPSA) is 58.0 Å². The normalized spacial score (nSPS) is 24.9. The van der Waals surface area contributed by atoms with Crippen LogP contribution in [-0.4, -0.2) is 19.3 Å². The highest BCUT2D eigenvalue weighted by Gasteiger charge is 2.28. The molecule has 1 heterocycles. The van der Waals surface area contributed by atoms with Gasteiger partial charge in [-0.25, -0.2) is 4.39 Å². The minimum atomic E-state index is -0.266. The van der Waals surface area contributed by atoms with Crippen LogP contribution >= 0.6 is 0 Å². The van der Waals surface area contributed by atoms with E-state index >= 15 is 0 Å². The molecular formula is C10H10FN3O. The van der Waals surface area contributed by atoms with E-state index in [1.165, 1.54) is 12.1 Å². The highest BCUT2D eigenvalue weighted by atomic mass is 19.1. The first-order valence-corrected chi connectivity index (χ1v) is 4.68. The Kier molecular flexibility index (Phi) is 2.85. The summed E-state index contributed by atoms with van der Waals surface area (Å²) in [6, 6.07) is 6.03. The predicted octanol–water partition coefficient (Wildman–Crippen LogP) is 2.62. The maximum Gasteiger partial charge on any atom is 0.123 e. The van der Waals surface area contributed by atoms with Gasteiger partial charge in [0, 0.05) is 10.8 Å². The lowest BCUT2D eigenvalue weighted by atomic mass is 9.95. The van der Waals surface area contributed by atoms with Gasteiger partial charge in [-0.15, -0.1) is 0 Å². The molecule has 2 atom stereocenters. The molecule has 0 bridgehead atoms. The maximum absolute atomic E-state index is 12.7. The third kappa shape index (κ3) is 2.09. The quantitative estimate of drug-likeness (QED) is 0.417. The maximum atomic E-state index is 12.7. The molecule has 78 valence electrons. The van der Waals surface area contributed by atoms with E-state index in [2.05, 4.69) is 10.0 Å². The number of azide groups is 1. The molecule has 0 aromatic heterocycles.